The van der Waals surface area contributed by atoms with Gasteiger partial charge >= 0.3 is 0 Å². The quantitative estimate of drug-likeness (QED) is 0.719. The van der Waals surface area contributed by atoms with Crippen molar-refractivity contribution < 1.29 is 10.2 Å². The Morgan fingerprint density at radius 2 is 2.06 bits per heavy atom. The first-order valence-electron chi connectivity index (χ1n) is 5.17. The van der Waals surface area contributed by atoms with E-state index in [0.29, 0.717) is 16.5 Å². The normalized spacial score (nSPS) is 14.8. The summed E-state index contributed by atoms with van der Waals surface area (Å²) in [5.41, 5.74) is 0.859. The lowest BCUT2D eigenvalue weighted by Crippen LogP contribution is -2.20. The van der Waals surface area contributed by atoms with Crippen LogP contribution in [-0.2, 0) is 0 Å². The van der Waals surface area contributed by atoms with Gasteiger partial charge in [-0.05, 0) is 6.07 Å². The summed E-state index contributed by atoms with van der Waals surface area (Å²) in [6.45, 7) is 0. The highest BCUT2D eigenvalue weighted by atomic mass is 35.5. The lowest BCUT2D eigenvalue weighted by molar-refractivity contribution is 0.0335. The molecule has 2 unspecified atom stereocenters. The largest absolute Gasteiger partial charge is 0.389 e. The van der Waals surface area contributed by atoms with Crippen molar-refractivity contribution in [2.24, 2.45) is 0 Å². The molecule has 0 aliphatic carbocycles. The molecular weight excluding hydrogens is 242 g/mol. The van der Waals surface area contributed by atoms with Crippen LogP contribution in [0.1, 0.15) is 11.7 Å². The van der Waals surface area contributed by atoms with Crippen molar-refractivity contribution in [1.29, 1.82) is 0 Å². The Morgan fingerprint density at radius 3 is 2.76 bits per heavy atom. The van der Waals surface area contributed by atoms with Gasteiger partial charge in [0.1, 0.15) is 6.10 Å². The first-order valence-corrected chi connectivity index (χ1v) is 5.71. The van der Waals surface area contributed by atoms with Gasteiger partial charge in [0.2, 0.25) is 0 Å². The minimum atomic E-state index is -1.12. The number of rotatable bonds is 3. The minimum absolute atomic E-state index is 0.0748. The van der Waals surface area contributed by atoms with Crippen LogP contribution in [0.15, 0.2) is 35.3 Å². The second kappa shape index (κ2) is 4.87. The molecule has 1 heterocycles. The van der Waals surface area contributed by atoms with Crippen molar-refractivity contribution in [3.05, 3.63) is 46.2 Å². The molecule has 2 atom stereocenters. The molecule has 0 saturated heterocycles. The predicted octanol–water partition coefficient (Wildman–Crippen LogP) is 1.16. The molecule has 0 fully saturated rings. The third-order valence-corrected chi connectivity index (χ3v) is 2.98. The molecule has 17 heavy (non-hydrogen) atoms. The summed E-state index contributed by atoms with van der Waals surface area (Å²) in [6, 6.07) is 6.39. The van der Waals surface area contributed by atoms with Gasteiger partial charge in [-0.2, -0.15) is 0 Å². The average Bonchev–Trinajstić information content (AvgIpc) is 2.37. The first kappa shape index (κ1) is 12.1. The van der Waals surface area contributed by atoms with Gasteiger partial charge in [-0.25, -0.2) is 0 Å². The number of benzene rings is 1. The van der Waals surface area contributed by atoms with Crippen molar-refractivity contribution in [3.63, 3.8) is 0 Å². The summed E-state index contributed by atoms with van der Waals surface area (Å²) in [7, 11) is 0. The molecule has 0 aliphatic rings. The molecule has 0 saturated carbocycles. The molecule has 90 valence electrons. The van der Waals surface area contributed by atoms with Crippen LogP contribution in [0.5, 0.6) is 0 Å². The Kier molecular flexibility index (Phi) is 3.47. The molecule has 0 spiro atoms. The molecule has 0 bridgehead atoms. The number of nitrogens with one attached hydrogen (secondary N) is 1. The number of aromatic amines is 1. The Balaban J connectivity index is 2.63. The Labute approximate surface area is 102 Å². The Hall–Kier alpha value is -1.36. The lowest BCUT2D eigenvalue weighted by Gasteiger charge is -2.17. The van der Waals surface area contributed by atoms with Crippen LogP contribution in [0.3, 0.4) is 0 Å². The lowest BCUT2D eigenvalue weighted by atomic mass is 10.0. The van der Waals surface area contributed by atoms with Gasteiger partial charge in [-0.1, -0.05) is 12.1 Å². The number of aliphatic hydroxyl groups excluding tert-OH is 2. The van der Waals surface area contributed by atoms with Gasteiger partial charge in [-0.3, -0.25) is 4.79 Å². The number of para-hydroxylation sites is 1. The number of pyridine rings is 1. The summed E-state index contributed by atoms with van der Waals surface area (Å²) in [5, 5.41) is 19.9. The van der Waals surface area contributed by atoms with Crippen LogP contribution in [0.25, 0.3) is 10.9 Å². The number of hydrogen-bond acceptors (Lipinski definition) is 3. The zero-order valence-corrected chi connectivity index (χ0v) is 9.69. The summed E-state index contributed by atoms with van der Waals surface area (Å²) >= 11 is 5.50. The van der Waals surface area contributed by atoms with Crippen LogP contribution >= 0.6 is 11.6 Å². The van der Waals surface area contributed by atoms with Gasteiger partial charge in [0.05, 0.1) is 17.5 Å². The van der Waals surface area contributed by atoms with E-state index in [4.69, 9.17) is 11.6 Å². The molecule has 1 aromatic heterocycles. The molecule has 0 aliphatic heterocycles. The highest BCUT2D eigenvalue weighted by Crippen LogP contribution is 2.23. The molecule has 0 radical (unpaired) electrons. The van der Waals surface area contributed by atoms with Gasteiger partial charge in [0, 0.05) is 23.2 Å². The second-order valence-electron chi connectivity index (χ2n) is 3.78. The van der Waals surface area contributed by atoms with Gasteiger partial charge < -0.3 is 15.2 Å². The van der Waals surface area contributed by atoms with Gasteiger partial charge in [0.25, 0.3) is 0 Å². The van der Waals surface area contributed by atoms with E-state index < -0.39 is 12.2 Å². The number of alkyl halides is 1. The van der Waals surface area contributed by atoms with E-state index in [1.54, 1.807) is 18.2 Å². The zero-order chi connectivity index (χ0) is 12.4. The minimum Gasteiger partial charge on any atom is -0.389 e. The maximum atomic E-state index is 11.6. The van der Waals surface area contributed by atoms with Crippen LogP contribution in [0, 0.1) is 0 Å². The highest BCUT2D eigenvalue weighted by Gasteiger charge is 2.19. The molecule has 2 rings (SSSR count). The average molecular weight is 254 g/mol. The van der Waals surface area contributed by atoms with Crippen molar-refractivity contribution in [3.8, 4) is 0 Å². The maximum absolute atomic E-state index is 11.6. The van der Waals surface area contributed by atoms with E-state index in [1.807, 2.05) is 0 Å². The molecule has 2 aromatic rings. The van der Waals surface area contributed by atoms with E-state index in [-0.39, 0.29) is 11.3 Å². The van der Waals surface area contributed by atoms with Crippen LogP contribution in [-0.4, -0.2) is 27.2 Å². The fourth-order valence-corrected chi connectivity index (χ4v) is 1.93. The Bertz CT molecular complexity index is 581. The van der Waals surface area contributed by atoms with Crippen LogP contribution in [0.2, 0.25) is 0 Å². The summed E-state index contributed by atoms with van der Waals surface area (Å²) in [4.78, 5) is 14.5. The number of aromatic nitrogens is 1. The summed E-state index contributed by atoms with van der Waals surface area (Å²) < 4.78 is 0. The smallest absolute Gasteiger partial charge is 0.189 e. The van der Waals surface area contributed by atoms with Crippen molar-refractivity contribution in [2.45, 2.75) is 12.2 Å². The predicted molar refractivity (Wildman–Crippen MR) is 66.3 cm³/mol. The van der Waals surface area contributed by atoms with Crippen LogP contribution < -0.4 is 5.43 Å². The summed E-state index contributed by atoms with van der Waals surface area (Å²) in [6.07, 6.45) is -0.672. The van der Waals surface area contributed by atoms with E-state index in [9.17, 15) is 15.0 Å². The molecule has 4 nitrogen and oxygen atoms in total. The number of aliphatic hydroxyl groups is 2. The maximum Gasteiger partial charge on any atom is 0.189 e. The highest BCUT2D eigenvalue weighted by molar-refractivity contribution is 6.18. The second-order valence-corrected chi connectivity index (χ2v) is 4.09. The standard InChI is InChI=1S/C12H12ClNO3/c13-6-10(16)12(17)8-3-1-2-7-9(15)4-5-14-11(7)8/h1-5,10,12,16-17H,6H2,(H,14,15). The van der Waals surface area contributed by atoms with Gasteiger partial charge in [0.15, 0.2) is 5.43 Å². The number of hydrogen-bond donors (Lipinski definition) is 3. The SMILES string of the molecule is O=c1cc[nH]c2c(C(O)C(O)CCl)cccc12. The third-order valence-electron chi connectivity index (χ3n) is 2.67. The molecule has 5 heteroatoms. The molecule has 3 N–H and O–H groups in total. The van der Waals surface area contributed by atoms with E-state index in [0.717, 1.165) is 0 Å². The third kappa shape index (κ3) is 2.20. The molecular formula is C12H12ClNO3. The number of halogens is 1. The molecule has 1 aromatic carbocycles. The number of H-pyrrole nitrogens is 1. The fraction of sp³-hybridized carbons (Fsp3) is 0.250. The van der Waals surface area contributed by atoms with Crippen molar-refractivity contribution >= 4 is 22.5 Å². The van der Waals surface area contributed by atoms with E-state index in [1.165, 1.54) is 12.3 Å². The van der Waals surface area contributed by atoms with Crippen molar-refractivity contribution in [2.75, 3.05) is 5.88 Å². The number of fused-ring (bicyclic) bond motifs is 1. The van der Waals surface area contributed by atoms with E-state index in [2.05, 4.69) is 4.98 Å². The van der Waals surface area contributed by atoms with Gasteiger partial charge in [-0.15, -0.1) is 11.6 Å². The topological polar surface area (TPSA) is 73.3 Å². The fourth-order valence-electron chi connectivity index (χ4n) is 1.77. The van der Waals surface area contributed by atoms with Crippen molar-refractivity contribution in [1.82, 2.24) is 4.98 Å². The zero-order valence-electron chi connectivity index (χ0n) is 8.93. The Morgan fingerprint density at radius 1 is 1.29 bits per heavy atom. The molecule has 0 amide bonds. The first-order chi connectivity index (χ1) is 8.15. The monoisotopic (exact) mass is 253 g/mol. The van der Waals surface area contributed by atoms with E-state index >= 15 is 0 Å². The summed E-state index contributed by atoms with van der Waals surface area (Å²) in [5.74, 6) is -0.0748. The van der Waals surface area contributed by atoms with Crippen LogP contribution in [0.4, 0.5) is 0 Å².